The molecule has 3 N–H and O–H groups in total. The second-order valence-corrected chi connectivity index (χ2v) is 11.1. The van der Waals surface area contributed by atoms with Crippen LogP contribution in [0.2, 0.25) is 0 Å². The van der Waals surface area contributed by atoms with E-state index in [2.05, 4.69) is 0 Å². The average Bonchev–Trinajstić information content (AvgIpc) is 2.58. The lowest BCUT2D eigenvalue weighted by Gasteiger charge is -2.28. The van der Waals surface area contributed by atoms with Gasteiger partial charge in [0.1, 0.15) is 16.7 Å². The van der Waals surface area contributed by atoms with Gasteiger partial charge >= 0.3 is 0 Å². The highest BCUT2D eigenvalue weighted by Crippen LogP contribution is 2.40. The van der Waals surface area contributed by atoms with Gasteiger partial charge in [-0.05, 0) is 58.9 Å². The van der Waals surface area contributed by atoms with Crippen LogP contribution in [0.5, 0.6) is 5.75 Å². The molecule has 0 saturated heterocycles. The highest BCUT2D eigenvalue weighted by molar-refractivity contribution is 7.95. The molecule has 0 aromatic heterocycles. The molecule has 29 heavy (non-hydrogen) atoms. The molecule has 2 rings (SSSR count). The maximum absolute atomic E-state index is 12.9. The molecule has 0 heterocycles. The molecule has 0 aliphatic heterocycles. The van der Waals surface area contributed by atoms with Crippen LogP contribution in [-0.2, 0) is 20.7 Å². The molecule has 0 aliphatic carbocycles. The average molecular weight is 413 g/mol. The minimum Gasteiger partial charge on any atom is -0.507 e. The lowest BCUT2D eigenvalue weighted by atomic mass is 9.78. The smallest absolute Gasteiger partial charge is 0.216 e. The first-order valence-electron chi connectivity index (χ1n) is 9.28. The SMILES string of the molecule is CC(C)(C)c1cc(C=C(C#N)S(=O)(=O)c2ccc(N)cc2)cc(C(C)(C)C)c1O. The van der Waals surface area contributed by atoms with Crippen molar-refractivity contribution in [3.63, 3.8) is 0 Å². The summed E-state index contributed by atoms with van der Waals surface area (Å²) in [6, 6.07) is 11.0. The number of sulfone groups is 1. The lowest BCUT2D eigenvalue weighted by molar-refractivity contribution is 0.423. The molecule has 0 amide bonds. The molecular formula is C23H28N2O3S. The van der Waals surface area contributed by atoms with Crippen molar-refractivity contribution in [2.24, 2.45) is 0 Å². The Morgan fingerprint density at radius 3 is 1.83 bits per heavy atom. The molecule has 0 saturated carbocycles. The number of rotatable bonds is 3. The van der Waals surface area contributed by atoms with Crippen molar-refractivity contribution in [2.45, 2.75) is 57.3 Å². The first-order chi connectivity index (χ1) is 13.2. The standard InChI is InChI=1S/C23H28N2O3S/c1-22(2,3)19-12-15(13-20(21(19)26)23(4,5)6)11-18(14-24)29(27,28)17-9-7-16(25)8-10-17/h7-13,26H,25H2,1-6H3. The summed E-state index contributed by atoms with van der Waals surface area (Å²) >= 11 is 0. The Labute approximate surface area is 173 Å². The van der Waals surface area contributed by atoms with Crippen LogP contribution in [0.25, 0.3) is 6.08 Å². The predicted octanol–water partition coefficient (Wildman–Crippen LogP) is 4.91. The Hall–Kier alpha value is -2.78. The van der Waals surface area contributed by atoms with Crippen molar-refractivity contribution in [1.82, 2.24) is 0 Å². The normalized spacial score (nSPS) is 13.2. The second-order valence-electron chi connectivity index (χ2n) is 9.16. The summed E-state index contributed by atoms with van der Waals surface area (Å²) in [6.45, 7) is 11.8. The summed E-state index contributed by atoms with van der Waals surface area (Å²) < 4.78 is 25.9. The molecular weight excluding hydrogens is 384 g/mol. The van der Waals surface area contributed by atoms with Crippen LogP contribution in [0.15, 0.2) is 46.2 Å². The van der Waals surface area contributed by atoms with Crippen molar-refractivity contribution in [3.8, 4) is 11.8 Å². The molecule has 2 aromatic carbocycles. The molecule has 2 aromatic rings. The zero-order valence-electron chi connectivity index (χ0n) is 17.7. The number of phenolic OH excluding ortho intramolecular Hbond substituents is 1. The van der Waals surface area contributed by atoms with E-state index >= 15 is 0 Å². The summed E-state index contributed by atoms with van der Waals surface area (Å²) in [6.07, 6.45) is 1.36. The summed E-state index contributed by atoms with van der Waals surface area (Å²) in [7, 11) is -3.99. The number of allylic oxidation sites excluding steroid dienone is 1. The molecule has 0 spiro atoms. The molecule has 5 nitrogen and oxygen atoms in total. The van der Waals surface area contributed by atoms with Crippen LogP contribution in [-0.4, -0.2) is 13.5 Å². The van der Waals surface area contributed by atoms with Crippen LogP contribution in [0.3, 0.4) is 0 Å². The quantitative estimate of drug-likeness (QED) is 0.551. The van der Waals surface area contributed by atoms with Crippen molar-refractivity contribution < 1.29 is 13.5 Å². The molecule has 0 aliphatic rings. The van der Waals surface area contributed by atoms with E-state index in [1.807, 2.05) is 47.6 Å². The fourth-order valence-electron chi connectivity index (χ4n) is 2.98. The Balaban J connectivity index is 2.73. The number of hydrogen-bond donors (Lipinski definition) is 2. The van der Waals surface area contributed by atoms with Crippen LogP contribution in [0, 0.1) is 11.3 Å². The van der Waals surface area contributed by atoms with E-state index in [0.29, 0.717) is 22.4 Å². The Morgan fingerprint density at radius 2 is 1.45 bits per heavy atom. The van der Waals surface area contributed by atoms with Crippen LogP contribution >= 0.6 is 0 Å². The third kappa shape index (κ3) is 4.80. The van der Waals surface area contributed by atoms with Gasteiger partial charge < -0.3 is 10.8 Å². The minimum atomic E-state index is -3.99. The van der Waals surface area contributed by atoms with Crippen LogP contribution in [0.4, 0.5) is 5.69 Å². The van der Waals surface area contributed by atoms with Crippen molar-refractivity contribution in [3.05, 3.63) is 58.0 Å². The third-order valence-corrected chi connectivity index (χ3v) is 6.32. The van der Waals surface area contributed by atoms with Crippen LogP contribution in [0.1, 0.15) is 58.2 Å². The van der Waals surface area contributed by atoms with E-state index in [-0.39, 0.29) is 26.4 Å². The maximum atomic E-state index is 12.9. The van der Waals surface area contributed by atoms with Gasteiger partial charge in [-0.25, -0.2) is 8.42 Å². The maximum Gasteiger partial charge on any atom is 0.216 e. The van der Waals surface area contributed by atoms with Crippen molar-refractivity contribution in [2.75, 3.05) is 5.73 Å². The highest BCUT2D eigenvalue weighted by Gasteiger charge is 2.27. The monoisotopic (exact) mass is 412 g/mol. The zero-order valence-corrected chi connectivity index (χ0v) is 18.6. The van der Waals surface area contributed by atoms with E-state index in [1.165, 1.54) is 30.3 Å². The number of anilines is 1. The number of nitrogen functional groups attached to an aromatic ring is 1. The topological polar surface area (TPSA) is 104 Å². The van der Waals surface area contributed by atoms with E-state index in [0.717, 1.165) is 0 Å². The third-order valence-electron chi connectivity index (χ3n) is 4.64. The fraction of sp³-hybridized carbons (Fsp3) is 0.348. The number of nitriles is 1. The van der Waals surface area contributed by atoms with Gasteiger partial charge in [-0.3, -0.25) is 0 Å². The predicted molar refractivity (Wildman–Crippen MR) is 117 cm³/mol. The number of hydrogen-bond acceptors (Lipinski definition) is 5. The summed E-state index contributed by atoms with van der Waals surface area (Å²) in [5, 5.41) is 20.4. The molecule has 0 bridgehead atoms. The van der Waals surface area contributed by atoms with E-state index in [4.69, 9.17) is 5.73 Å². The Kier molecular flexibility index (Phi) is 5.87. The molecule has 0 atom stereocenters. The molecule has 6 heteroatoms. The molecule has 0 unspecified atom stereocenters. The van der Waals surface area contributed by atoms with Gasteiger partial charge in [0.2, 0.25) is 9.84 Å². The number of phenols is 1. The van der Waals surface area contributed by atoms with E-state index in [1.54, 1.807) is 12.1 Å². The number of aromatic hydroxyl groups is 1. The van der Waals surface area contributed by atoms with E-state index < -0.39 is 9.84 Å². The fourth-order valence-corrected chi connectivity index (χ4v) is 4.14. The van der Waals surface area contributed by atoms with Gasteiger partial charge in [-0.1, -0.05) is 41.5 Å². The molecule has 0 fully saturated rings. The zero-order chi connectivity index (χ0) is 22.2. The molecule has 0 radical (unpaired) electrons. The van der Waals surface area contributed by atoms with Gasteiger partial charge in [0.15, 0.2) is 0 Å². The lowest BCUT2D eigenvalue weighted by Crippen LogP contribution is -2.17. The first kappa shape index (κ1) is 22.5. The van der Waals surface area contributed by atoms with Crippen molar-refractivity contribution >= 4 is 21.6 Å². The number of benzene rings is 2. The van der Waals surface area contributed by atoms with Gasteiger partial charge in [0, 0.05) is 16.8 Å². The molecule has 154 valence electrons. The largest absolute Gasteiger partial charge is 0.507 e. The van der Waals surface area contributed by atoms with Crippen LogP contribution < -0.4 is 5.73 Å². The minimum absolute atomic E-state index is 0.00497. The summed E-state index contributed by atoms with van der Waals surface area (Å²) in [4.78, 5) is -0.363. The summed E-state index contributed by atoms with van der Waals surface area (Å²) in [5.74, 6) is 0.196. The van der Waals surface area contributed by atoms with E-state index in [9.17, 15) is 18.8 Å². The Bertz CT molecular complexity index is 1060. The number of nitrogens with two attached hydrogens (primary N) is 1. The van der Waals surface area contributed by atoms with Gasteiger partial charge in [-0.15, -0.1) is 0 Å². The number of nitrogens with zero attached hydrogens (tertiary/aromatic N) is 1. The second kappa shape index (κ2) is 7.57. The Morgan fingerprint density at radius 1 is 1.00 bits per heavy atom. The van der Waals surface area contributed by atoms with Gasteiger partial charge in [-0.2, -0.15) is 5.26 Å². The first-order valence-corrected chi connectivity index (χ1v) is 10.8. The van der Waals surface area contributed by atoms with Gasteiger partial charge in [0.25, 0.3) is 0 Å². The highest BCUT2D eigenvalue weighted by atomic mass is 32.2. The summed E-state index contributed by atoms with van der Waals surface area (Å²) in [5.41, 5.74) is 7.28. The van der Waals surface area contributed by atoms with Gasteiger partial charge in [0.05, 0.1) is 4.90 Å². The van der Waals surface area contributed by atoms with Crippen molar-refractivity contribution in [1.29, 1.82) is 5.26 Å².